The normalized spacial score (nSPS) is 15.3. The van der Waals surface area contributed by atoms with Crippen LogP contribution in [0.3, 0.4) is 0 Å². The third-order valence-corrected chi connectivity index (χ3v) is 5.23. The molecule has 0 unspecified atom stereocenters. The van der Waals surface area contributed by atoms with Crippen LogP contribution in [-0.4, -0.2) is 31.0 Å². The molecule has 0 saturated heterocycles. The standard InChI is InChI=1S/C22H19Cl2NO4/c1-13-20(22(27)29-3)18(10-15-6-7-16(23)11-19(15)24)21(26)25(13)12-14-4-8-17(28-2)9-5-14/h4-11H,12H2,1-3H3/b18-10-. The van der Waals surface area contributed by atoms with Crippen molar-refractivity contribution in [3.63, 3.8) is 0 Å². The molecule has 0 aliphatic carbocycles. The summed E-state index contributed by atoms with van der Waals surface area (Å²) in [4.78, 5) is 27.1. The van der Waals surface area contributed by atoms with Crippen molar-refractivity contribution in [3.8, 4) is 5.75 Å². The highest BCUT2D eigenvalue weighted by Gasteiger charge is 2.37. The minimum Gasteiger partial charge on any atom is -0.497 e. The third-order valence-electron chi connectivity index (χ3n) is 4.66. The minimum absolute atomic E-state index is 0.219. The van der Waals surface area contributed by atoms with Gasteiger partial charge >= 0.3 is 5.97 Å². The molecule has 0 saturated carbocycles. The average Bonchev–Trinajstić information content (AvgIpc) is 2.94. The van der Waals surface area contributed by atoms with E-state index in [0.29, 0.717) is 27.9 Å². The number of nitrogens with zero attached hydrogens (tertiary/aromatic N) is 1. The monoisotopic (exact) mass is 431 g/mol. The van der Waals surface area contributed by atoms with Crippen LogP contribution in [0.25, 0.3) is 6.08 Å². The maximum atomic E-state index is 13.2. The molecule has 0 atom stereocenters. The summed E-state index contributed by atoms with van der Waals surface area (Å²) in [5, 5.41) is 0.865. The summed E-state index contributed by atoms with van der Waals surface area (Å²) in [6, 6.07) is 12.3. The first-order valence-corrected chi connectivity index (χ1v) is 9.52. The molecule has 1 aliphatic heterocycles. The summed E-state index contributed by atoms with van der Waals surface area (Å²) >= 11 is 12.2. The number of ether oxygens (including phenoxy) is 2. The summed E-state index contributed by atoms with van der Waals surface area (Å²) in [6.07, 6.45) is 1.59. The van der Waals surface area contributed by atoms with E-state index < -0.39 is 5.97 Å². The molecule has 0 N–H and O–H groups in total. The molecule has 1 heterocycles. The first kappa shape index (κ1) is 21.0. The molecular weight excluding hydrogens is 413 g/mol. The molecule has 2 aromatic rings. The topological polar surface area (TPSA) is 55.8 Å². The molecule has 0 bridgehead atoms. The van der Waals surface area contributed by atoms with Crippen LogP contribution in [-0.2, 0) is 20.9 Å². The predicted molar refractivity (Wildman–Crippen MR) is 113 cm³/mol. The number of benzene rings is 2. The van der Waals surface area contributed by atoms with Crippen molar-refractivity contribution in [1.29, 1.82) is 0 Å². The molecule has 7 heteroatoms. The average molecular weight is 432 g/mol. The highest BCUT2D eigenvalue weighted by atomic mass is 35.5. The van der Waals surface area contributed by atoms with Gasteiger partial charge in [0.25, 0.3) is 5.91 Å². The van der Waals surface area contributed by atoms with Crippen LogP contribution in [0, 0.1) is 0 Å². The van der Waals surface area contributed by atoms with Crippen molar-refractivity contribution in [2.24, 2.45) is 0 Å². The summed E-state index contributed by atoms with van der Waals surface area (Å²) in [7, 11) is 2.87. The number of carbonyl (C=O) groups excluding carboxylic acids is 2. The molecule has 5 nitrogen and oxygen atoms in total. The molecule has 3 rings (SSSR count). The maximum absolute atomic E-state index is 13.2. The van der Waals surface area contributed by atoms with Crippen LogP contribution in [0.4, 0.5) is 0 Å². The number of amides is 1. The lowest BCUT2D eigenvalue weighted by molar-refractivity contribution is -0.136. The van der Waals surface area contributed by atoms with Gasteiger partial charge in [-0.05, 0) is 48.4 Å². The van der Waals surface area contributed by atoms with Crippen molar-refractivity contribution in [1.82, 2.24) is 4.90 Å². The number of hydrogen-bond acceptors (Lipinski definition) is 4. The summed E-state index contributed by atoms with van der Waals surface area (Å²) in [5.41, 5.74) is 2.45. The fraction of sp³-hybridized carbons (Fsp3) is 0.182. The number of carbonyl (C=O) groups is 2. The Morgan fingerprint density at radius 2 is 1.79 bits per heavy atom. The van der Waals surface area contributed by atoms with Gasteiger partial charge in [0.1, 0.15) is 5.75 Å². The van der Waals surface area contributed by atoms with E-state index in [1.54, 1.807) is 43.2 Å². The Labute approximate surface area is 179 Å². The van der Waals surface area contributed by atoms with Crippen molar-refractivity contribution in [3.05, 3.63) is 80.5 Å². The lowest BCUT2D eigenvalue weighted by atomic mass is 10.0. The predicted octanol–water partition coefficient (Wildman–Crippen LogP) is 4.87. The lowest BCUT2D eigenvalue weighted by Gasteiger charge is -2.18. The number of rotatable bonds is 5. The minimum atomic E-state index is -0.579. The van der Waals surface area contributed by atoms with Gasteiger partial charge in [-0.2, -0.15) is 0 Å². The second-order valence-electron chi connectivity index (χ2n) is 6.42. The molecule has 0 fully saturated rings. The number of esters is 1. The zero-order valence-electron chi connectivity index (χ0n) is 16.2. The Hall–Kier alpha value is -2.76. The van der Waals surface area contributed by atoms with E-state index in [2.05, 4.69) is 0 Å². The van der Waals surface area contributed by atoms with Gasteiger partial charge in [-0.1, -0.05) is 41.4 Å². The fourth-order valence-corrected chi connectivity index (χ4v) is 3.57. The fourth-order valence-electron chi connectivity index (χ4n) is 3.11. The zero-order chi connectivity index (χ0) is 21.1. The van der Waals surface area contributed by atoms with Gasteiger partial charge in [-0.3, -0.25) is 4.79 Å². The van der Waals surface area contributed by atoms with Gasteiger partial charge in [0.05, 0.1) is 31.9 Å². The Kier molecular flexibility index (Phi) is 6.30. The Morgan fingerprint density at radius 3 is 2.38 bits per heavy atom. The first-order chi connectivity index (χ1) is 13.8. The number of methoxy groups -OCH3 is 2. The lowest BCUT2D eigenvalue weighted by Crippen LogP contribution is -2.24. The second-order valence-corrected chi connectivity index (χ2v) is 7.26. The number of halogens is 2. The van der Waals surface area contributed by atoms with E-state index in [-0.39, 0.29) is 17.1 Å². The van der Waals surface area contributed by atoms with E-state index >= 15 is 0 Å². The number of allylic oxidation sites excluding steroid dienone is 1. The van der Waals surface area contributed by atoms with E-state index in [4.69, 9.17) is 32.7 Å². The van der Waals surface area contributed by atoms with Crippen LogP contribution in [0.15, 0.2) is 59.3 Å². The second kappa shape index (κ2) is 8.72. The number of hydrogen-bond donors (Lipinski definition) is 0. The largest absolute Gasteiger partial charge is 0.497 e. The van der Waals surface area contributed by atoms with E-state index in [1.807, 2.05) is 24.3 Å². The van der Waals surface area contributed by atoms with Gasteiger partial charge in [-0.25, -0.2) is 4.79 Å². The zero-order valence-corrected chi connectivity index (χ0v) is 17.7. The van der Waals surface area contributed by atoms with Crippen LogP contribution < -0.4 is 4.74 Å². The molecule has 0 radical (unpaired) electrons. The SMILES string of the molecule is COC(=O)C1=C(C)N(Cc2ccc(OC)cc2)C(=O)/C1=C\c1ccc(Cl)cc1Cl. The van der Waals surface area contributed by atoms with Crippen molar-refractivity contribution >= 4 is 41.2 Å². The highest BCUT2D eigenvalue weighted by Crippen LogP contribution is 2.34. The molecule has 2 aromatic carbocycles. The molecule has 1 amide bonds. The smallest absolute Gasteiger partial charge is 0.340 e. The third kappa shape index (κ3) is 4.31. The molecule has 0 spiro atoms. The molecule has 0 aromatic heterocycles. The van der Waals surface area contributed by atoms with Crippen LogP contribution in [0.5, 0.6) is 5.75 Å². The Bertz CT molecular complexity index is 1030. The first-order valence-electron chi connectivity index (χ1n) is 8.76. The van der Waals surface area contributed by atoms with Crippen molar-refractivity contribution in [2.45, 2.75) is 13.5 Å². The Balaban J connectivity index is 2.01. The van der Waals surface area contributed by atoms with E-state index in [9.17, 15) is 9.59 Å². The molecule has 1 aliphatic rings. The summed E-state index contributed by atoms with van der Waals surface area (Å²) < 4.78 is 10.1. The van der Waals surface area contributed by atoms with Crippen LogP contribution in [0.2, 0.25) is 10.0 Å². The van der Waals surface area contributed by atoms with E-state index in [0.717, 1.165) is 11.3 Å². The summed E-state index contributed by atoms with van der Waals surface area (Å²) in [6.45, 7) is 2.03. The maximum Gasteiger partial charge on any atom is 0.340 e. The van der Waals surface area contributed by atoms with E-state index in [1.165, 1.54) is 7.11 Å². The van der Waals surface area contributed by atoms with Gasteiger partial charge in [-0.15, -0.1) is 0 Å². The van der Waals surface area contributed by atoms with Gasteiger partial charge in [0.15, 0.2) is 0 Å². The van der Waals surface area contributed by atoms with Crippen LogP contribution >= 0.6 is 23.2 Å². The van der Waals surface area contributed by atoms with Crippen LogP contribution in [0.1, 0.15) is 18.1 Å². The van der Waals surface area contributed by atoms with Gasteiger partial charge in [0.2, 0.25) is 0 Å². The van der Waals surface area contributed by atoms with Crippen molar-refractivity contribution < 1.29 is 19.1 Å². The molecule has 29 heavy (non-hydrogen) atoms. The quantitative estimate of drug-likeness (QED) is 0.500. The Morgan fingerprint density at radius 1 is 1.10 bits per heavy atom. The van der Waals surface area contributed by atoms with Gasteiger partial charge < -0.3 is 14.4 Å². The van der Waals surface area contributed by atoms with Gasteiger partial charge in [0, 0.05) is 15.7 Å². The highest BCUT2D eigenvalue weighted by molar-refractivity contribution is 6.35. The molecular formula is C22H19Cl2NO4. The summed E-state index contributed by atoms with van der Waals surface area (Å²) in [5.74, 6) is -0.156. The molecule has 150 valence electrons. The van der Waals surface area contributed by atoms with Crippen molar-refractivity contribution in [2.75, 3.05) is 14.2 Å².